The Morgan fingerprint density at radius 2 is 1.90 bits per heavy atom. The zero-order valence-electron chi connectivity index (χ0n) is 16.6. The summed E-state index contributed by atoms with van der Waals surface area (Å²) in [6, 6.07) is 13.9. The van der Waals surface area contributed by atoms with Gasteiger partial charge < -0.3 is 21.1 Å². The van der Waals surface area contributed by atoms with Crippen LogP contribution in [0.25, 0.3) is 5.69 Å². The van der Waals surface area contributed by atoms with Crippen molar-refractivity contribution in [2.75, 3.05) is 5.32 Å². The summed E-state index contributed by atoms with van der Waals surface area (Å²) in [5.41, 5.74) is 7.67. The van der Waals surface area contributed by atoms with Crippen molar-refractivity contribution in [2.45, 2.75) is 26.5 Å². The fraction of sp³-hybridized carbons (Fsp3) is 0.190. The third kappa shape index (κ3) is 5.60. The lowest BCUT2D eigenvalue weighted by molar-refractivity contribution is 0.0994. The van der Waals surface area contributed by atoms with E-state index in [1.165, 1.54) is 6.07 Å². The van der Waals surface area contributed by atoms with E-state index in [4.69, 9.17) is 10.5 Å². The first-order valence-corrected chi connectivity index (χ1v) is 10.1. The minimum Gasteiger partial charge on any atom is -0.490 e. The zero-order chi connectivity index (χ0) is 21.7. The molecule has 30 heavy (non-hydrogen) atoms. The molecule has 0 saturated carbocycles. The molecule has 0 unspecified atom stereocenters. The minimum atomic E-state index is -0.631. The Balaban J connectivity index is 1.60. The standard InChI is InChI=1S/C21H22BrN5O3/c1-13(2)30-19-8-5-15(11-18(19)20(23)28)25-21(29)24-12-16-9-10-27(26-16)17-6-3-14(22)4-7-17/h3-11,13H,12H2,1-2H3,(H2,23,28)(H2,24,25,29). The predicted molar refractivity (Wildman–Crippen MR) is 118 cm³/mol. The molecule has 0 aliphatic rings. The molecule has 1 aromatic heterocycles. The number of halogens is 1. The quantitative estimate of drug-likeness (QED) is 0.485. The van der Waals surface area contributed by atoms with E-state index in [9.17, 15) is 9.59 Å². The van der Waals surface area contributed by atoms with E-state index in [0.29, 0.717) is 17.1 Å². The fourth-order valence-electron chi connectivity index (χ4n) is 2.70. The molecule has 0 aliphatic heterocycles. The number of benzene rings is 2. The van der Waals surface area contributed by atoms with Crippen molar-refractivity contribution in [1.82, 2.24) is 15.1 Å². The first-order valence-electron chi connectivity index (χ1n) is 9.27. The van der Waals surface area contributed by atoms with Crippen LogP contribution in [0.4, 0.5) is 10.5 Å². The highest BCUT2D eigenvalue weighted by molar-refractivity contribution is 9.10. The highest BCUT2D eigenvalue weighted by Crippen LogP contribution is 2.23. The van der Waals surface area contributed by atoms with Crippen molar-refractivity contribution in [2.24, 2.45) is 5.73 Å². The third-order valence-electron chi connectivity index (χ3n) is 4.03. The number of amides is 3. The molecule has 0 fully saturated rings. The maximum atomic E-state index is 12.2. The van der Waals surface area contributed by atoms with E-state index in [-0.39, 0.29) is 18.2 Å². The molecule has 3 amide bonds. The lowest BCUT2D eigenvalue weighted by Gasteiger charge is -2.14. The number of nitrogens with zero attached hydrogens (tertiary/aromatic N) is 2. The molecule has 3 aromatic rings. The largest absolute Gasteiger partial charge is 0.490 e. The van der Waals surface area contributed by atoms with Crippen molar-refractivity contribution < 1.29 is 14.3 Å². The van der Waals surface area contributed by atoms with E-state index in [1.807, 2.05) is 50.4 Å². The molecule has 1 heterocycles. The molecule has 0 radical (unpaired) electrons. The summed E-state index contributed by atoms with van der Waals surface area (Å²) >= 11 is 3.40. The van der Waals surface area contributed by atoms with Gasteiger partial charge in [-0.2, -0.15) is 5.10 Å². The van der Waals surface area contributed by atoms with Gasteiger partial charge in [0, 0.05) is 16.4 Å². The van der Waals surface area contributed by atoms with Crippen LogP contribution in [0.1, 0.15) is 29.9 Å². The van der Waals surface area contributed by atoms with Gasteiger partial charge in [0.15, 0.2) is 0 Å². The number of aromatic nitrogens is 2. The Bertz CT molecular complexity index is 1050. The highest BCUT2D eigenvalue weighted by atomic mass is 79.9. The molecular weight excluding hydrogens is 450 g/mol. The molecular formula is C21H22BrN5O3. The number of carbonyl (C=O) groups is 2. The normalized spacial score (nSPS) is 10.7. The van der Waals surface area contributed by atoms with Gasteiger partial charge in [0.2, 0.25) is 0 Å². The molecule has 0 spiro atoms. The summed E-state index contributed by atoms with van der Waals surface area (Å²) in [5, 5.41) is 9.86. The van der Waals surface area contributed by atoms with Gasteiger partial charge in [-0.3, -0.25) is 4.79 Å². The Morgan fingerprint density at radius 1 is 1.17 bits per heavy atom. The monoisotopic (exact) mass is 471 g/mol. The van der Waals surface area contributed by atoms with Gasteiger partial charge in [-0.05, 0) is 62.4 Å². The van der Waals surface area contributed by atoms with Crippen LogP contribution in [0.15, 0.2) is 59.2 Å². The summed E-state index contributed by atoms with van der Waals surface area (Å²) in [6.45, 7) is 3.94. The Hall–Kier alpha value is -3.33. The molecule has 2 aromatic carbocycles. The van der Waals surface area contributed by atoms with Gasteiger partial charge in [-0.25, -0.2) is 9.48 Å². The van der Waals surface area contributed by atoms with Crippen LogP contribution < -0.4 is 21.1 Å². The van der Waals surface area contributed by atoms with Crippen LogP contribution in [0.3, 0.4) is 0 Å². The SMILES string of the molecule is CC(C)Oc1ccc(NC(=O)NCc2ccn(-c3ccc(Br)cc3)n2)cc1C(N)=O. The second-order valence-corrected chi connectivity index (χ2v) is 7.69. The predicted octanol–water partition coefficient (Wildman–Crippen LogP) is 3.84. The van der Waals surface area contributed by atoms with Gasteiger partial charge in [0.05, 0.1) is 29.6 Å². The number of hydrogen-bond acceptors (Lipinski definition) is 4. The number of primary amides is 1. The average Bonchev–Trinajstić information content (AvgIpc) is 3.16. The van der Waals surface area contributed by atoms with Gasteiger partial charge in [-0.15, -0.1) is 0 Å². The molecule has 4 N–H and O–H groups in total. The van der Waals surface area contributed by atoms with Crippen LogP contribution in [-0.2, 0) is 6.54 Å². The summed E-state index contributed by atoms with van der Waals surface area (Å²) in [6.07, 6.45) is 1.72. The summed E-state index contributed by atoms with van der Waals surface area (Å²) < 4.78 is 8.29. The Morgan fingerprint density at radius 3 is 2.57 bits per heavy atom. The minimum absolute atomic E-state index is 0.109. The van der Waals surface area contributed by atoms with E-state index in [1.54, 1.807) is 16.8 Å². The van der Waals surface area contributed by atoms with Crippen molar-refractivity contribution >= 4 is 33.6 Å². The molecule has 0 bridgehead atoms. The van der Waals surface area contributed by atoms with Crippen LogP contribution in [-0.4, -0.2) is 27.8 Å². The maximum Gasteiger partial charge on any atom is 0.319 e. The number of nitrogens with one attached hydrogen (secondary N) is 2. The summed E-state index contributed by atoms with van der Waals surface area (Å²) in [7, 11) is 0. The van der Waals surface area contributed by atoms with Crippen molar-refractivity contribution in [3.63, 3.8) is 0 Å². The number of hydrogen-bond donors (Lipinski definition) is 3. The smallest absolute Gasteiger partial charge is 0.319 e. The topological polar surface area (TPSA) is 111 Å². The van der Waals surface area contributed by atoms with Crippen molar-refractivity contribution in [3.05, 3.63) is 70.5 Å². The van der Waals surface area contributed by atoms with Gasteiger partial charge in [0.25, 0.3) is 5.91 Å². The van der Waals surface area contributed by atoms with Crippen molar-refractivity contribution in [1.29, 1.82) is 0 Å². The number of carbonyl (C=O) groups excluding carboxylic acids is 2. The Labute approximate surface area is 182 Å². The van der Waals surface area contributed by atoms with E-state index >= 15 is 0 Å². The second kappa shape index (κ2) is 9.45. The molecule has 8 nitrogen and oxygen atoms in total. The fourth-order valence-corrected chi connectivity index (χ4v) is 2.96. The Kier molecular flexibility index (Phi) is 6.73. The summed E-state index contributed by atoms with van der Waals surface area (Å²) in [4.78, 5) is 23.9. The molecule has 0 saturated heterocycles. The van der Waals surface area contributed by atoms with Crippen molar-refractivity contribution in [3.8, 4) is 11.4 Å². The molecule has 9 heteroatoms. The number of ether oxygens (including phenoxy) is 1. The lowest BCUT2D eigenvalue weighted by atomic mass is 10.1. The second-order valence-electron chi connectivity index (χ2n) is 6.78. The number of nitrogens with two attached hydrogens (primary N) is 1. The van der Waals surface area contributed by atoms with Gasteiger partial charge >= 0.3 is 6.03 Å². The highest BCUT2D eigenvalue weighted by Gasteiger charge is 2.13. The molecule has 0 aliphatic carbocycles. The van der Waals surface area contributed by atoms with Crippen LogP contribution in [0, 0.1) is 0 Å². The maximum absolute atomic E-state index is 12.2. The molecule has 156 valence electrons. The van der Waals surface area contributed by atoms with E-state index in [0.717, 1.165) is 10.2 Å². The first-order chi connectivity index (χ1) is 14.3. The summed E-state index contributed by atoms with van der Waals surface area (Å²) in [5.74, 6) is -0.255. The van der Waals surface area contributed by atoms with Gasteiger partial charge in [0.1, 0.15) is 5.75 Å². The van der Waals surface area contributed by atoms with Gasteiger partial charge in [-0.1, -0.05) is 15.9 Å². The van der Waals surface area contributed by atoms with Crippen LogP contribution >= 0.6 is 15.9 Å². The van der Waals surface area contributed by atoms with E-state index in [2.05, 4.69) is 31.7 Å². The molecule has 3 rings (SSSR count). The molecule has 0 atom stereocenters. The number of urea groups is 1. The van der Waals surface area contributed by atoms with E-state index < -0.39 is 11.9 Å². The van der Waals surface area contributed by atoms with Crippen LogP contribution in [0.2, 0.25) is 0 Å². The lowest BCUT2D eigenvalue weighted by Crippen LogP contribution is -2.28. The van der Waals surface area contributed by atoms with Crippen LogP contribution in [0.5, 0.6) is 5.75 Å². The number of rotatable bonds is 7. The first kappa shape index (κ1) is 21.4. The average molecular weight is 472 g/mol. The number of anilines is 1. The zero-order valence-corrected chi connectivity index (χ0v) is 18.1. The third-order valence-corrected chi connectivity index (χ3v) is 4.56.